The highest BCUT2D eigenvalue weighted by Gasteiger charge is 2.00. The van der Waals surface area contributed by atoms with Gasteiger partial charge in [0.15, 0.2) is 0 Å². The molecule has 0 saturated heterocycles. The molecule has 0 bridgehead atoms. The predicted molar refractivity (Wildman–Crippen MR) is 68.9 cm³/mol. The second-order valence-corrected chi connectivity index (χ2v) is 4.23. The lowest BCUT2D eigenvalue weighted by Crippen LogP contribution is -2.19. The molecule has 0 unspecified atom stereocenters. The van der Waals surface area contributed by atoms with Crippen LogP contribution in [0.1, 0.15) is 25.6 Å². The van der Waals surface area contributed by atoms with E-state index < -0.39 is 0 Å². The largest absolute Gasteiger partial charge is 0.334 e. The van der Waals surface area contributed by atoms with E-state index in [0.29, 0.717) is 0 Å². The first-order chi connectivity index (χ1) is 8.90. The highest BCUT2D eigenvalue weighted by molar-refractivity contribution is 4.91. The average molecular weight is 248 g/mol. The van der Waals surface area contributed by atoms with Crippen molar-refractivity contribution in [1.82, 2.24) is 29.9 Å². The zero-order valence-electron chi connectivity index (χ0n) is 10.8. The van der Waals surface area contributed by atoms with Gasteiger partial charge in [0.2, 0.25) is 0 Å². The van der Waals surface area contributed by atoms with E-state index in [1.807, 2.05) is 23.3 Å². The molecule has 0 amide bonds. The van der Waals surface area contributed by atoms with E-state index in [1.165, 1.54) is 0 Å². The number of rotatable bonds is 8. The third-order valence-corrected chi connectivity index (χ3v) is 2.76. The minimum atomic E-state index is 0.824. The first-order valence-electron chi connectivity index (χ1n) is 6.45. The van der Waals surface area contributed by atoms with Crippen LogP contribution in [0.15, 0.2) is 24.8 Å². The summed E-state index contributed by atoms with van der Waals surface area (Å²) in [7, 11) is 0. The maximum Gasteiger partial charge on any atom is 0.122 e. The van der Waals surface area contributed by atoms with Crippen LogP contribution in [-0.4, -0.2) is 31.1 Å². The van der Waals surface area contributed by atoms with Crippen LogP contribution in [0.4, 0.5) is 0 Å². The van der Waals surface area contributed by atoms with E-state index in [0.717, 1.165) is 44.8 Å². The van der Waals surface area contributed by atoms with Crippen LogP contribution in [0.5, 0.6) is 0 Å². The second-order valence-electron chi connectivity index (χ2n) is 4.23. The fourth-order valence-corrected chi connectivity index (χ4v) is 1.87. The Bertz CT molecular complexity index is 433. The lowest BCUT2D eigenvalue weighted by Gasteiger charge is -2.07. The Balaban J connectivity index is 1.64. The van der Waals surface area contributed by atoms with Gasteiger partial charge in [0.05, 0.1) is 12.7 Å². The van der Waals surface area contributed by atoms with Gasteiger partial charge in [-0.15, -0.1) is 5.10 Å². The molecule has 2 rings (SSSR count). The van der Waals surface area contributed by atoms with Crippen molar-refractivity contribution in [1.29, 1.82) is 0 Å². The number of nitrogens with one attached hydrogen (secondary N) is 1. The lowest BCUT2D eigenvalue weighted by molar-refractivity contribution is 0.518. The molecule has 0 spiro atoms. The summed E-state index contributed by atoms with van der Waals surface area (Å²) >= 11 is 0. The second kappa shape index (κ2) is 6.90. The molecule has 2 heterocycles. The number of nitrogens with zero attached hydrogens (tertiary/aromatic N) is 5. The molecule has 2 aromatic heterocycles. The first kappa shape index (κ1) is 12.8. The third kappa shape index (κ3) is 3.66. The minimum absolute atomic E-state index is 0.824. The third-order valence-electron chi connectivity index (χ3n) is 2.76. The van der Waals surface area contributed by atoms with E-state index >= 15 is 0 Å². The van der Waals surface area contributed by atoms with E-state index in [-0.39, 0.29) is 0 Å². The maximum absolute atomic E-state index is 4.36. The minimum Gasteiger partial charge on any atom is -0.334 e. The zero-order valence-corrected chi connectivity index (χ0v) is 10.8. The van der Waals surface area contributed by atoms with Crippen LogP contribution < -0.4 is 5.32 Å². The van der Waals surface area contributed by atoms with Gasteiger partial charge in [-0.2, -0.15) is 0 Å². The summed E-state index contributed by atoms with van der Waals surface area (Å²) in [5, 5.41) is 11.1. The van der Waals surface area contributed by atoms with Crippen molar-refractivity contribution >= 4 is 0 Å². The summed E-state index contributed by atoms with van der Waals surface area (Å²) in [5.74, 6) is 1.11. The molecule has 0 aliphatic carbocycles. The van der Waals surface area contributed by atoms with Crippen LogP contribution in [0, 0.1) is 0 Å². The number of imidazole rings is 1. The molecule has 1 N–H and O–H groups in total. The molecule has 0 aliphatic heterocycles. The lowest BCUT2D eigenvalue weighted by atomic mass is 10.4. The van der Waals surface area contributed by atoms with E-state index in [4.69, 9.17) is 0 Å². The number of aromatic nitrogens is 5. The topological polar surface area (TPSA) is 60.6 Å². The summed E-state index contributed by atoms with van der Waals surface area (Å²) in [6.45, 7) is 5.89. The van der Waals surface area contributed by atoms with E-state index in [2.05, 4.69) is 32.1 Å². The van der Waals surface area contributed by atoms with Gasteiger partial charge in [0.1, 0.15) is 5.82 Å². The maximum atomic E-state index is 4.36. The highest BCUT2D eigenvalue weighted by Crippen LogP contribution is 1.99. The summed E-state index contributed by atoms with van der Waals surface area (Å²) < 4.78 is 4.05. The Hall–Kier alpha value is -1.69. The molecule has 0 aliphatic rings. The highest BCUT2D eigenvalue weighted by atomic mass is 15.4. The molecule has 0 aromatic carbocycles. The molecule has 2 aromatic rings. The molecule has 0 fully saturated rings. The van der Waals surface area contributed by atoms with Gasteiger partial charge in [-0.3, -0.25) is 4.68 Å². The van der Waals surface area contributed by atoms with E-state index in [1.54, 1.807) is 6.20 Å². The molecule has 98 valence electrons. The van der Waals surface area contributed by atoms with Gasteiger partial charge in [-0.05, 0) is 19.4 Å². The Morgan fingerprint density at radius 3 is 2.94 bits per heavy atom. The number of hydrogen-bond acceptors (Lipinski definition) is 4. The number of aryl methyl sites for hydroxylation is 2. The molecule has 18 heavy (non-hydrogen) atoms. The van der Waals surface area contributed by atoms with E-state index in [9.17, 15) is 0 Å². The fraction of sp³-hybridized carbons (Fsp3) is 0.583. The van der Waals surface area contributed by atoms with Gasteiger partial charge < -0.3 is 9.88 Å². The molecule has 6 heteroatoms. The summed E-state index contributed by atoms with van der Waals surface area (Å²) in [4.78, 5) is 4.36. The van der Waals surface area contributed by atoms with Crippen LogP contribution >= 0.6 is 0 Å². The summed E-state index contributed by atoms with van der Waals surface area (Å²) in [5.41, 5.74) is 0. The standard InChI is InChI=1S/C12H20N6/c1-2-7-17-9-5-14-12(17)11-13-4-3-8-18-10-6-15-16-18/h5-6,9-10,13H,2-4,7-8,11H2,1H3. The Morgan fingerprint density at radius 2 is 2.17 bits per heavy atom. The van der Waals surface area contributed by atoms with Crippen molar-refractivity contribution in [3.8, 4) is 0 Å². The van der Waals surface area contributed by atoms with Gasteiger partial charge in [-0.25, -0.2) is 4.98 Å². The Morgan fingerprint density at radius 1 is 1.22 bits per heavy atom. The van der Waals surface area contributed by atoms with Crippen LogP contribution in [0.3, 0.4) is 0 Å². The molecule has 0 saturated carbocycles. The van der Waals surface area contributed by atoms with Crippen molar-refractivity contribution in [2.75, 3.05) is 6.54 Å². The quantitative estimate of drug-likeness (QED) is 0.710. The van der Waals surface area contributed by atoms with Crippen LogP contribution in [-0.2, 0) is 19.6 Å². The van der Waals surface area contributed by atoms with Gasteiger partial charge >= 0.3 is 0 Å². The monoisotopic (exact) mass is 248 g/mol. The zero-order chi connectivity index (χ0) is 12.6. The predicted octanol–water partition coefficient (Wildman–Crippen LogP) is 1.06. The fourth-order valence-electron chi connectivity index (χ4n) is 1.87. The summed E-state index contributed by atoms with van der Waals surface area (Å²) in [6, 6.07) is 0. The van der Waals surface area contributed by atoms with Crippen molar-refractivity contribution in [2.24, 2.45) is 0 Å². The molecule has 0 radical (unpaired) electrons. The molecular formula is C12H20N6. The molecule has 0 atom stereocenters. The Labute approximate surface area is 107 Å². The van der Waals surface area contributed by atoms with Crippen molar-refractivity contribution in [3.63, 3.8) is 0 Å². The van der Waals surface area contributed by atoms with Gasteiger partial charge in [0, 0.05) is 31.7 Å². The normalized spacial score (nSPS) is 10.9. The summed E-state index contributed by atoms with van der Waals surface area (Å²) in [6.07, 6.45) is 9.66. The smallest absolute Gasteiger partial charge is 0.122 e. The number of hydrogen-bond donors (Lipinski definition) is 1. The van der Waals surface area contributed by atoms with Crippen LogP contribution in [0.25, 0.3) is 0 Å². The SMILES string of the molecule is CCCn1ccnc1CNCCCn1ccnn1. The molecule has 6 nitrogen and oxygen atoms in total. The van der Waals surface area contributed by atoms with Gasteiger partial charge in [0.25, 0.3) is 0 Å². The average Bonchev–Trinajstić information content (AvgIpc) is 3.01. The van der Waals surface area contributed by atoms with Crippen LogP contribution in [0.2, 0.25) is 0 Å². The van der Waals surface area contributed by atoms with Gasteiger partial charge in [-0.1, -0.05) is 12.1 Å². The van der Waals surface area contributed by atoms with Crippen molar-refractivity contribution < 1.29 is 0 Å². The molecular weight excluding hydrogens is 228 g/mol. The Kier molecular flexibility index (Phi) is 4.89. The first-order valence-corrected chi connectivity index (χ1v) is 6.45. The van der Waals surface area contributed by atoms with Crippen molar-refractivity contribution in [3.05, 3.63) is 30.6 Å². The van der Waals surface area contributed by atoms with Crippen molar-refractivity contribution in [2.45, 2.75) is 39.4 Å².